The average molecular weight is 301 g/mol. The topological polar surface area (TPSA) is 74.2 Å². The molecule has 0 aliphatic carbocycles. The zero-order chi connectivity index (χ0) is 14.7. The Morgan fingerprint density at radius 3 is 2.86 bits per heavy atom. The van der Waals surface area contributed by atoms with E-state index in [1.54, 1.807) is 6.07 Å². The van der Waals surface area contributed by atoms with E-state index in [1.165, 1.54) is 11.8 Å². The van der Waals surface area contributed by atoms with Crippen molar-refractivity contribution < 1.29 is 9.15 Å². The third-order valence-electron chi connectivity index (χ3n) is 2.77. The molecule has 0 bridgehead atoms. The predicted octanol–water partition coefficient (Wildman–Crippen LogP) is 3.75. The van der Waals surface area contributed by atoms with E-state index in [0.717, 1.165) is 22.5 Å². The van der Waals surface area contributed by atoms with E-state index in [9.17, 15) is 0 Å². The number of aromatic nitrogens is 2. The van der Waals surface area contributed by atoms with Gasteiger partial charge in [-0.15, -0.1) is 0 Å². The van der Waals surface area contributed by atoms with Crippen LogP contribution in [0.5, 0.6) is 5.88 Å². The highest BCUT2D eigenvalue weighted by Crippen LogP contribution is 2.31. The van der Waals surface area contributed by atoms with Crippen molar-refractivity contribution in [2.45, 2.75) is 23.6 Å². The van der Waals surface area contributed by atoms with Gasteiger partial charge in [0.1, 0.15) is 10.5 Å². The molecule has 2 heterocycles. The molecule has 5 nitrogen and oxygen atoms in total. The normalized spacial score (nSPS) is 10.9. The summed E-state index contributed by atoms with van der Waals surface area (Å²) < 4.78 is 11.2. The molecule has 3 rings (SSSR count). The van der Waals surface area contributed by atoms with Crippen LogP contribution in [0.4, 0.5) is 5.69 Å². The van der Waals surface area contributed by atoms with Crippen LogP contribution in [-0.4, -0.2) is 16.6 Å². The molecule has 0 spiro atoms. The van der Waals surface area contributed by atoms with Crippen LogP contribution in [0.15, 0.2) is 51.1 Å². The van der Waals surface area contributed by atoms with Gasteiger partial charge in [-0.25, -0.2) is 9.97 Å². The number of nitrogens with two attached hydrogens (primary N) is 1. The second-order valence-corrected chi connectivity index (χ2v) is 5.41. The molecule has 2 N–H and O–H groups in total. The van der Waals surface area contributed by atoms with E-state index in [4.69, 9.17) is 14.9 Å². The molecule has 0 amide bonds. The first-order valence-electron chi connectivity index (χ1n) is 6.69. The second-order valence-electron chi connectivity index (χ2n) is 4.44. The Bertz CT molecular complexity index is 725. The molecule has 108 valence electrons. The van der Waals surface area contributed by atoms with Crippen molar-refractivity contribution in [1.82, 2.24) is 9.97 Å². The number of hydrogen-bond acceptors (Lipinski definition) is 6. The number of rotatable bonds is 5. The number of pyridine rings is 1. The van der Waals surface area contributed by atoms with Crippen molar-refractivity contribution in [3.63, 3.8) is 0 Å². The SMILES string of the molecule is CCCOc1nc(Sc2nc3ccccc3o2)ccc1N. The number of benzene rings is 1. The number of fused-ring (bicyclic) bond motifs is 1. The fourth-order valence-electron chi connectivity index (χ4n) is 1.79. The van der Waals surface area contributed by atoms with Crippen LogP contribution in [0.25, 0.3) is 11.1 Å². The van der Waals surface area contributed by atoms with Crippen molar-refractivity contribution in [2.24, 2.45) is 0 Å². The Balaban J connectivity index is 1.83. The maximum atomic E-state index is 5.85. The van der Waals surface area contributed by atoms with E-state index in [0.29, 0.717) is 23.4 Å². The number of para-hydroxylation sites is 2. The highest BCUT2D eigenvalue weighted by Gasteiger charge is 2.10. The zero-order valence-electron chi connectivity index (χ0n) is 11.6. The second kappa shape index (κ2) is 6.05. The quantitative estimate of drug-likeness (QED) is 0.773. The zero-order valence-corrected chi connectivity index (χ0v) is 12.4. The van der Waals surface area contributed by atoms with Gasteiger partial charge in [-0.05, 0) is 42.4 Å². The molecule has 0 atom stereocenters. The number of anilines is 1. The van der Waals surface area contributed by atoms with Gasteiger partial charge in [0, 0.05) is 0 Å². The molecule has 0 fully saturated rings. The molecule has 0 radical (unpaired) electrons. The van der Waals surface area contributed by atoms with Gasteiger partial charge in [0.2, 0.25) is 5.88 Å². The molecule has 0 saturated heterocycles. The van der Waals surface area contributed by atoms with E-state index in [2.05, 4.69) is 9.97 Å². The Hall–Kier alpha value is -2.21. The molecule has 0 saturated carbocycles. The van der Waals surface area contributed by atoms with Crippen molar-refractivity contribution in [3.05, 3.63) is 36.4 Å². The van der Waals surface area contributed by atoms with E-state index >= 15 is 0 Å². The van der Waals surface area contributed by atoms with Gasteiger partial charge in [0.15, 0.2) is 5.58 Å². The fraction of sp³-hybridized carbons (Fsp3) is 0.200. The number of ether oxygens (including phenoxy) is 1. The number of hydrogen-bond donors (Lipinski definition) is 1. The van der Waals surface area contributed by atoms with E-state index in [1.807, 2.05) is 37.3 Å². The minimum absolute atomic E-state index is 0.456. The summed E-state index contributed by atoms with van der Waals surface area (Å²) in [6, 6.07) is 11.3. The summed E-state index contributed by atoms with van der Waals surface area (Å²) in [4.78, 5) is 8.80. The van der Waals surface area contributed by atoms with Crippen LogP contribution in [0.3, 0.4) is 0 Å². The Morgan fingerprint density at radius 2 is 2.05 bits per heavy atom. The summed E-state index contributed by atoms with van der Waals surface area (Å²) in [5.74, 6) is 0.456. The van der Waals surface area contributed by atoms with Gasteiger partial charge in [-0.3, -0.25) is 0 Å². The predicted molar refractivity (Wildman–Crippen MR) is 82.6 cm³/mol. The largest absolute Gasteiger partial charge is 0.476 e. The first kappa shape index (κ1) is 13.8. The van der Waals surface area contributed by atoms with Gasteiger partial charge in [-0.2, -0.15) is 0 Å². The van der Waals surface area contributed by atoms with Gasteiger partial charge >= 0.3 is 0 Å². The highest BCUT2D eigenvalue weighted by molar-refractivity contribution is 7.99. The lowest BCUT2D eigenvalue weighted by atomic mass is 10.3. The first-order chi connectivity index (χ1) is 10.3. The molecule has 2 aromatic heterocycles. The lowest BCUT2D eigenvalue weighted by molar-refractivity contribution is 0.305. The van der Waals surface area contributed by atoms with E-state index in [-0.39, 0.29) is 0 Å². The minimum atomic E-state index is 0.456. The maximum absolute atomic E-state index is 5.85. The van der Waals surface area contributed by atoms with Crippen molar-refractivity contribution in [2.75, 3.05) is 12.3 Å². The summed E-state index contributed by atoms with van der Waals surface area (Å²) in [7, 11) is 0. The molecule has 1 aromatic carbocycles. The lowest BCUT2D eigenvalue weighted by Crippen LogP contribution is -2.01. The number of nitrogen functional groups attached to an aromatic ring is 1. The fourth-order valence-corrected chi connectivity index (χ4v) is 2.51. The average Bonchev–Trinajstić information content (AvgIpc) is 2.90. The monoisotopic (exact) mass is 301 g/mol. The lowest BCUT2D eigenvalue weighted by Gasteiger charge is -2.07. The Labute approximate surface area is 126 Å². The standard InChI is InChI=1S/C15H15N3O2S/c1-2-9-19-14-10(16)7-8-13(18-14)21-15-17-11-5-3-4-6-12(11)20-15/h3-8H,2,9,16H2,1H3. The molecular formula is C15H15N3O2S. The highest BCUT2D eigenvalue weighted by atomic mass is 32.2. The number of nitrogens with zero attached hydrogens (tertiary/aromatic N) is 2. The minimum Gasteiger partial charge on any atom is -0.476 e. The molecule has 0 unspecified atom stereocenters. The summed E-state index contributed by atoms with van der Waals surface area (Å²) in [5, 5.41) is 1.29. The van der Waals surface area contributed by atoms with Gasteiger partial charge in [-0.1, -0.05) is 19.1 Å². The van der Waals surface area contributed by atoms with Gasteiger partial charge in [0.25, 0.3) is 5.22 Å². The molecule has 21 heavy (non-hydrogen) atoms. The molecular weight excluding hydrogens is 286 g/mol. The number of oxazole rings is 1. The van der Waals surface area contributed by atoms with Gasteiger partial charge in [0.05, 0.1) is 12.3 Å². The van der Waals surface area contributed by atoms with Crippen molar-refractivity contribution >= 4 is 28.5 Å². The van der Waals surface area contributed by atoms with Crippen molar-refractivity contribution in [1.29, 1.82) is 0 Å². The maximum Gasteiger partial charge on any atom is 0.263 e. The van der Waals surface area contributed by atoms with Crippen LogP contribution in [0.1, 0.15) is 13.3 Å². The summed E-state index contributed by atoms with van der Waals surface area (Å²) in [6.45, 7) is 2.63. The smallest absolute Gasteiger partial charge is 0.263 e. The first-order valence-corrected chi connectivity index (χ1v) is 7.50. The Kier molecular flexibility index (Phi) is 3.96. The van der Waals surface area contributed by atoms with Crippen LogP contribution in [0.2, 0.25) is 0 Å². The third kappa shape index (κ3) is 3.11. The summed E-state index contributed by atoms with van der Waals surface area (Å²) in [5.41, 5.74) is 7.98. The molecule has 0 aliphatic heterocycles. The van der Waals surface area contributed by atoms with Crippen LogP contribution >= 0.6 is 11.8 Å². The van der Waals surface area contributed by atoms with Gasteiger partial charge < -0.3 is 14.9 Å². The molecule has 3 aromatic rings. The van der Waals surface area contributed by atoms with Crippen LogP contribution in [0, 0.1) is 0 Å². The molecule has 0 aliphatic rings. The summed E-state index contributed by atoms with van der Waals surface area (Å²) in [6.07, 6.45) is 0.906. The van der Waals surface area contributed by atoms with Crippen molar-refractivity contribution in [3.8, 4) is 5.88 Å². The molecule has 6 heteroatoms. The van der Waals surface area contributed by atoms with Crippen LogP contribution < -0.4 is 10.5 Å². The van der Waals surface area contributed by atoms with Crippen LogP contribution in [-0.2, 0) is 0 Å². The third-order valence-corrected chi connectivity index (χ3v) is 3.56. The summed E-state index contributed by atoms with van der Waals surface area (Å²) >= 11 is 1.35. The van der Waals surface area contributed by atoms with E-state index < -0.39 is 0 Å². The Morgan fingerprint density at radius 1 is 1.19 bits per heavy atom.